The molecule has 3 rings (SSSR count). The Kier molecular flexibility index (Phi) is 5.77. The molecule has 2 aromatic carbocycles. The summed E-state index contributed by atoms with van der Waals surface area (Å²) in [6.45, 7) is 15.0. The van der Waals surface area contributed by atoms with E-state index in [1.165, 1.54) is 30.9 Å². The van der Waals surface area contributed by atoms with E-state index in [2.05, 4.69) is 86.1 Å². The van der Waals surface area contributed by atoms with Crippen LogP contribution in [0.3, 0.4) is 0 Å². The SMILES string of the molecule is CC[NH+]1CCN(c2ccc(N=Cc3ccc(C(C)(C)C)cc3)cc2)CC1. The van der Waals surface area contributed by atoms with Gasteiger partial charge in [-0.15, -0.1) is 0 Å². The number of rotatable bonds is 4. The largest absolute Gasteiger partial charge is 0.360 e. The fraction of sp³-hybridized carbons (Fsp3) is 0.435. The van der Waals surface area contributed by atoms with E-state index in [0.29, 0.717) is 0 Å². The van der Waals surface area contributed by atoms with Crippen LogP contribution in [0, 0.1) is 0 Å². The van der Waals surface area contributed by atoms with Crippen molar-refractivity contribution in [1.29, 1.82) is 0 Å². The quantitative estimate of drug-likeness (QED) is 0.837. The molecular weight excluding hydrogens is 318 g/mol. The van der Waals surface area contributed by atoms with Gasteiger partial charge in [-0.1, -0.05) is 45.0 Å². The maximum atomic E-state index is 4.63. The van der Waals surface area contributed by atoms with Crippen molar-refractivity contribution in [3.8, 4) is 0 Å². The van der Waals surface area contributed by atoms with Crippen LogP contribution >= 0.6 is 0 Å². The average Bonchev–Trinajstić information content (AvgIpc) is 2.66. The number of nitrogens with zero attached hydrogens (tertiary/aromatic N) is 2. The van der Waals surface area contributed by atoms with Gasteiger partial charge in [0.15, 0.2) is 0 Å². The minimum absolute atomic E-state index is 0.190. The minimum atomic E-state index is 0.190. The topological polar surface area (TPSA) is 20.0 Å². The van der Waals surface area contributed by atoms with Crippen LogP contribution in [-0.2, 0) is 5.41 Å². The van der Waals surface area contributed by atoms with Crippen molar-refractivity contribution >= 4 is 17.6 Å². The number of hydrogen-bond donors (Lipinski definition) is 1. The summed E-state index contributed by atoms with van der Waals surface area (Å²) in [4.78, 5) is 8.82. The minimum Gasteiger partial charge on any atom is -0.360 e. The second kappa shape index (κ2) is 8.05. The summed E-state index contributed by atoms with van der Waals surface area (Å²) < 4.78 is 0. The first-order valence-electron chi connectivity index (χ1n) is 9.79. The van der Waals surface area contributed by atoms with E-state index in [-0.39, 0.29) is 5.41 Å². The summed E-state index contributed by atoms with van der Waals surface area (Å²) in [7, 11) is 0. The molecule has 0 radical (unpaired) electrons. The van der Waals surface area contributed by atoms with Crippen molar-refractivity contribution in [3.05, 3.63) is 59.7 Å². The number of nitrogens with one attached hydrogen (secondary N) is 1. The Morgan fingerprint density at radius 1 is 0.962 bits per heavy atom. The van der Waals surface area contributed by atoms with Gasteiger partial charge in [-0.25, -0.2) is 0 Å². The molecule has 2 aromatic rings. The molecule has 3 nitrogen and oxygen atoms in total. The Morgan fingerprint density at radius 2 is 1.58 bits per heavy atom. The molecule has 0 unspecified atom stereocenters. The van der Waals surface area contributed by atoms with Crippen LogP contribution in [0.5, 0.6) is 0 Å². The monoisotopic (exact) mass is 350 g/mol. The van der Waals surface area contributed by atoms with Crippen LogP contribution in [0.25, 0.3) is 0 Å². The van der Waals surface area contributed by atoms with Gasteiger partial charge in [-0.2, -0.15) is 0 Å². The van der Waals surface area contributed by atoms with Crippen molar-refractivity contribution < 1.29 is 4.90 Å². The lowest BCUT2D eigenvalue weighted by atomic mass is 9.87. The molecule has 1 N–H and O–H groups in total. The van der Waals surface area contributed by atoms with Gasteiger partial charge >= 0.3 is 0 Å². The first-order valence-corrected chi connectivity index (χ1v) is 9.79. The van der Waals surface area contributed by atoms with Gasteiger partial charge in [0, 0.05) is 11.9 Å². The number of aliphatic imine (C=N–C) groups is 1. The predicted octanol–water partition coefficient (Wildman–Crippen LogP) is 3.46. The Bertz CT molecular complexity index is 716. The van der Waals surface area contributed by atoms with E-state index in [1.807, 2.05) is 6.21 Å². The summed E-state index contributed by atoms with van der Waals surface area (Å²) in [5.41, 5.74) is 5.00. The number of hydrogen-bond acceptors (Lipinski definition) is 2. The lowest BCUT2D eigenvalue weighted by Crippen LogP contribution is -3.14. The first-order chi connectivity index (χ1) is 12.5. The van der Waals surface area contributed by atoms with Crippen LogP contribution < -0.4 is 9.80 Å². The van der Waals surface area contributed by atoms with E-state index < -0.39 is 0 Å². The molecule has 0 aliphatic carbocycles. The highest BCUT2D eigenvalue weighted by molar-refractivity contribution is 5.82. The van der Waals surface area contributed by atoms with Crippen LogP contribution in [0.2, 0.25) is 0 Å². The molecule has 26 heavy (non-hydrogen) atoms. The summed E-state index contributed by atoms with van der Waals surface area (Å²) in [5, 5.41) is 0. The fourth-order valence-corrected chi connectivity index (χ4v) is 3.40. The number of piperazine rings is 1. The van der Waals surface area contributed by atoms with E-state index in [9.17, 15) is 0 Å². The van der Waals surface area contributed by atoms with E-state index in [4.69, 9.17) is 0 Å². The maximum absolute atomic E-state index is 4.63. The van der Waals surface area contributed by atoms with Crippen LogP contribution in [-0.4, -0.2) is 38.9 Å². The first kappa shape index (κ1) is 18.7. The van der Waals surface area contributed by atoms with Crippen LogP contribution in [0.15, 0.2) is 53.5 Å². The zero-order valence-electron chi connectivity index (χ0n) is 16.6. The van der Waals surface area contributed by atoms with E-state index >= 15 is 0 Å². The lowest BCUT2D eigenvalue weighted by molar-refractivity contribution is -0.898. The third-order valence-electron chi connectivity index (χ3n) is 5.32. The highest BCUT2D eigenvalue weighted by Crippen LogP contribution is 2.23. The number of anilines is 1. The molecule has 3 heteroatoms. The van der Waals surface area contributed by atoms with Gasteiger partial charge in [0.05, 0.1) is 38.4 Å². The van der Waals surface area contributed by atoms with Crippen LogP contribution in [0.1, 0.15) is 38.8 Å². The predicted molar refractivity (Wildman–Crippen MR) is 112 cm³/mol. The van der Waals surface area contributed by atoms with Gasteiger partial charge in [0.2, 0.25) is 0 Å². The maximum Gasteiger partial charge on any atom is 0.0949 e. The van der Waals surface area contributed by atoms with Gasteiger partial charge < -0.3 is 9.80 Å². The number of likely N-dealkylation sites (N-methyl/N-ethyl adjacent to an activating group) is 1. The zero-order chi connectivity index (χ0) is 18.6. The summed E-state index contributed by atoms with van der Waals surface area (Å²) in [5.74, 6) is 0. The number of benzene rings is 2. The molecule has 0 spiro atoms. The van der Waals surface area contributed by atoms with E-state index in [0.717, 1.165) is 24.3 Å². The molecule has 1 aliphatic heterocycles. The Hall–Kier alpha value is -2.13. The summed E-state index contributed by atoms with van der Waals surface area (Å²) >= 11 is 0. The molecule has 138 valence electrons. The molecule has 0 amide bonds. The smallest absolute Gasteiger partial charge is 0.0949 e. The van der Waals surface area contributed by atoms with Crippen molar-refractivity contribution in [1.82, 2.24) is 0 Å². The molecule has 1 saturated heterocycles. The van der Waals surface area contributed by atoms with Crippen LogP contribution in [0.4, 0.5) is 11.4 Å². The molecule has 0 aromatic heterocycles. The third kappa shape index (κ3) is 4.73. The molecule has 0 saturated carbocycles. The van der Waals surface area contributed by atoms with Gasteiger partial charge in [-0.3, -0.25) is 4.99 Å². The van der Waals surface area contributed by atoms with Gasteiger partial charge in [0.1, 0.15) is 0 Å². The van der Waals surface area contributed by atoms with Crippen molar-refractivity contribution in [2.75, 3.05) is 37.6 Å². The molecular formula is C23H32N3+. The fourth-order valence-electron chi connectivity index (χ4n) is 3.40. The highest BCUT2D eigenvalue weighted by atomic mass is 15.3. The summed E-state index contributed by atoms with van der Waals surface area (Å²) in [6.07, 6.45) is 1.95. The average molecular weight is 351 g/mol. The number of quaternary nitrogens is 1. The van der Waals surface area contributed by atoms with Crippen molar-refractivity contribution in [3.63, 3.8) is 0 Å². The molecule has 1 heterocycles. The third-order valence-corrected chi connectivity index (χ3v) is 5.32. The molecule has 0 bridgehead atoms. The normalized spacial score (nSPS) is 16.4. The summed E-state index contributed by atoms with van der Waals surface area (Å²) in [6, 6.07) is 17.3. The Labute approximate surface area is 158 Å². The van der Waals surface area contributed by atoms with Gasteiger partial charge in [0.25, 0.3) is 0 Å². The van der Waals surface area contributed by atoms with Crippen molar-refractivity contribution in [2.45, 2.75) is 33.1 Å². The lowest BCUT2D eigenvalue weighted by Gasteiger charge is -2.33. The highest BCUT2D eigenvalue weighted by Gasteiger charge is 2.18. The standard InChI is InChI=1S/C23H31N3/c1-5-25-14-16-26(17-15-25)22-12-10-21(11-13-22)24-18-19-6-8-20(9-7-19)23(2,3)4/h6-13,18H,5,14-17H2,1-4H3/p+1. The molecule has 1 aliphatic rings. The van der Waals surface area contributed by atoms with Crippen molar-refractivity contribution in [2.24, 2.45) is 4.99 Å². The molecule has 1 fully saturated rings. The van der Waals surface area contributed by atoms with E-state index in [1.54, 1.807) is 4.90 Å². The Morgan fingerprint density at radius 3 is 2.12 bits per heavy atom. The second-order valence-corrected chi connectivity index (χ2v) is 8.24. The zero-order valence-corrected chi connectivity index (χ0v) is 16.6. The second-order valence-electron chi connectivity index (χ2n) is 8.24. The van der Waals surface area contributed by atoms with Gasteiger partial charge in [-0.05, 0) is 47.7 Å². The Balaban J connectivity index is 1.61. The molecule has 0 atom stereocenters.